The van der Waals surface area contributed by atoms with Crippen LogP contribution in [0.2, 0.25) is 0 Å². The lowest BCUT2D eigenvalue weighted by Gasteiger charge is -2.25. The smallest absolute Gasteiger partial charge is 0.174 e. The summed E-state index contributed by atoms with van der Waals surface area (Å²) in [7, 11) is 0. The van der Waals surface area contributed by atoms with Crippen molar-refractivity contribution < 1.29 is 9.90 Å². The summed E-state index contributed by atoms with van der Waals surface area (Å²) in [5.74, 6) is 0.0914. The van der Waals surface area contributed by atoms with Crippen molar-refractivity contribution in [1.29, 1.82) is 0 Å². The highest BCUT2D eigenvalue weighted by Gasteiger charge is 2.20. The number of carbonyl (C=O) groups excluding carboxylic acids is 1. The fourth-order valence-corrected chi connectivity index (χ4v) is 3.44. The molecule has 1 unspecified atom stereocenters. The third kappa shape index (κ3) is 5.36. The summed E-state index contributed by atoms with van der Waals surface area (Å²) in [4.78, 5) is 12.7. The molecule has 1 aromatic heterocycles. The molecular formula is C16H18BrNO2S. The van der Waals surface area contributed by atoms with Gasteiger partial charge in [-0.25, -0.2) is 0 Å². The van der Waals surface area contributed by atoms with Crippen LogP contribution in [-0.2, 0) is 6.42 Å². The Balaban J connectivity index is 1.80. The Labute approximate surface area is 137 Å². The summed E-state index contributed by atoms with van der Waals surface area (Å²) >= 11 is 4.78. The van der Waals surface area contributed by atoms with Crippen LogP contribution < -0.4 is 5.32 Å². The quantitative estimate of drug-likeness (QED) is 0.580. The van der Waals surface area contributed by atoms with Gasteiger partial charge in [-0.2, -0.15) is 0 Å². The van der Waals surface area contributed by atoms with E-state index in [1.54, 1.807) is 6.92 Å². The van der Waals surface area contributed by atoms with Gasteiger partial charge in [0.1, 0.15) is 5.72 Å². The number of aliphatic hydroxyl groups is 1. The molecule has 1 atom stereocenters. The normalized spacial score (nSPS) is 13.9. The molecule has 21 heavy (non-hydrogen) atoms. The number of carbonyl (C=O) groups is 1. The average molecular weight is 368 g/mol. The highest BCUT2D eigenvalue weighted by atomic mass is 79.9. The van der Waals surface area contributed by atoms with E-state index in [2.05, 4.69) is 21.2 Å². The summed E-state index contributed by atoms with van der Waals surface area (Å²) in [6.07, 6.45) is 0.879. The van der Waals surface area contributed by atoms with Gasteiger partial charge in [-0.05, 0) is 40.5 Å². The molecular weight excluding hydrogens is 350 g/mol. The maximum Gasteiger partial charge on any atom is 0.174 e. The van der Waals surface area contributed by atoms with Crippen LogP contribution in [0.1, 0.15) is 28.6 Å². The Bertz CT molecular complexity index is 595. The molecule has 0 amide bonds. The molecule has 1 heterocycles. The van der Waals surface area contributed by atoms with Crippen molar-refractivity contribution in [3.8, 4) is 0 Å². The molecule has 0 bridgehead atoms. The first-order valence-electron chi connectivity index (χ1n) is 6.76. The molecule has 0 saturated carbocycles. The van der Waals surface area contributed by atoms with E-state index in [0.717, 1.165) is 14.2 Å². The summed E-state index contributed by atoms with van der Waals surface area (Å²) < 4.78 is 0.954. The predicted molar refractivity (Wildman–Crippen MR) is 89.7 cm³/mol. The van der Waals surface area contributed by atoms with Gasteiger partial charge >= 0.3 is 0 Å². The number of hydrogen-bond donors (Lipinski definition) is 2. The van der Waals surface area contributed by atoms with E-state index in [9.17, 15) is 9.90 Å². The first-order valence-corrected chi connectivity index (χ1v) is 8.37. The molecule has 112 valence electrons. The van der Waals surface area contributed by atoms with Crippen molar-refractivity contribution in [3.63, 3.8) is 0 Å². The highest BCUT2D eigenvalue weighted by molar-refractivity contribution is 9.11. The molecule has 0 aliphatic rings. The predicted octanol–water partition coefficient (Wildman–Crippen LogP) is 3.62. The van der Waals surface area contributed by atoms with Gasteiger partial charge in [-0.1, -0.05) is 30.3 Å². The number of ketones is 1. The number of nitrogens with one attached hydrogen (secondary N) is 1. The van der Waals surface area contributed by atoms with Gasteiger partial charge in [0.2, 0.25) is 0 Å². The maximum absolute atomic E-state index is 12.0. The third-order valence-electron chi connectivity index (χ3n) is 3.10. The van der Waals surface area contributed by atoms with Crippen LogP contribution in [0.25, 0.3) is 0 Å². The number of halogens is 1. The first kappa shape index (κ1) is 16.4. The van der Waals surface area contributed by atoms with Crippen molar-refractivity contribution in [2.75, 3.05) is 6.54 Å². The Morgan fingerprint density at radius 1 is 1.29 bits per heavy atom. The third-order valence-corrected chi connectivity index (χ3v) is 4.76. The molecule has 3 nitrogen and oxygen atoms in total. The van der Waals surface area contributed by atoms with E-state index >= 15 is 0 Å². The lowest BCUT2D eigenvalue weighted by molar-refractivity contribution is 0.0248. The summed E-state index contributed by atoms with van der Waals surface area (Å²) in [6, 6.07) is 13.5. The van der Waals surface area contributed by atoms with Crippen LogP contribution in [-0.4, -0.2) is 23.2 Å². The largest absolute Gasteiger partial charge is 0.376 e. The van der Waals surface area contributed by atoms with E-state index in [4.69, 9.17) is 0 Å². The summed E-state index contributed by atoms with van der Waals surface area (Å²) in [5.41, 5.74) is 0.0426. The van der Waals surface area contributed by atoms with Crippen LogP contribution in [0.15, 0.2) is 46.3 Å². The number of hydrogen-bond acceptors (Lipinski definition) is 4. The van der Waals surface area contributed by atoms with E-state index in [-0.39, 0.29) is 5.78 Å². The van der Waals surface area contributed by atoms with Gasteiger partial charge in [0.25, 0.3) is 0 Å². The number of Topliss-reactive ketones (excluding diaryl/α,β-unsaturated/α-hetero) is 1. The van der Waals surface area contributed by atoms with Crippen LogP contribution in [0, 0.1) is 0 Å². The standard InChI is InChI=1S/C16H18BrNO2S/c1-16(20,11-12-5-3-2-4-6-12)18-10-9-13(19)14-7-8-15(17)21-14/h2-8,18,20H,9-11H2,1H3. The second kappa shape index (κ2) is 7.31. The minimum atomic E-state index is -1.02. The molecule has 5 heteroatoms. The topological polar surface area (TPSA) is 49.3 Å². The zero-order chi connectivity index (χ0) is 15.3. The van der Waals surface area contributed by atoms with E-state index in [1.807, 2.05) is 42.5 Å². The number of benzene rings is 1. The second-order valence-electron chi connectivity index (χ2n) is 5.14. The van der Waals surface area contributed by atoms with Gasteiger partial charge in [-0.15, -0.1) is 11.3 Å². The molecule has 2 aromatic rings. The Kier molecular flexibility index (Phi) is 5.70. The molecule has 0 spiro atoms. The minimum Gasteiger partial charge on any atom is -0.376 e. The maximum atomic E-state index is 12.0. The minimum absolute atomic E-state index is 0.0914. The molecule has 0 aliphatic carbocycles. The van der Waals surface area contributed by atoms with Crippen LogP contribution in [0.3, 0.4) is 0 Å². The van der Waals surface area contributed by atoms with Crippen molar-refractivity contribution in [2.45, 2.75) is 25.5 Å². The zero-order valence-electron chi connectivity index (χ0n) is 11.8. The fourth-order valence-electron chi connectivity index (χ4n) is 2.09. The molecule has 0 fully saturated rings. The number of rotatable bonds is 7. The lowest BCUT2D eigenvalue weighted by atomic mass is 10.0. The van der Waals surface area contributed by atoms with Crippen molar-refractivity contribution in [3.05, 3.63) is 56.7 Å². The highest BCUT2D eigenvalue weighted by Crippen LogP contribution is 2.23. The first-order chi connectivity index (χ1) is 9.96. The van der Waals surface area contributed by atoms with Gasteiger partial charge in [0.05, 0.1) is 8.66 Å². The summed E-state index contributed by atoms with van der Waals surface area (Å²) in [6.45, 7) is 2.18. The fraction of sp³-hybridized carbons (Fsp3) is 0.312. The Morgan fingerprint density at radius 2 is 2.00 bits per heavy atom. The monoisotopic (exact) mass is 367 g/mol. The van der Waals surface area contributed by atoms with E-state index in [1.165, 1.54) is 11.3 Å². The lowest BCUT2D eigenvalue weighted by Crippen LogP contribution is -2.45. The van der Waals surface area contributed by atoms with Gasteiger partial charge in [-0.3, -0.25) is 10.1 Å². The molecule has 2 N–H and O–H groups in total. The second-order valence-corrected chi connectivity index (χ2v) is 7.60. The van der Waals surface area contributed by atoms with E-state index < -0.39 is 5.72 Å². The van der Waals surface area contributed by atoms with Gasteiger partial charge < -0.3 is 5.11 Å². The van der Waals surface area contributed by atoms with Crippen LogP contribution >= 0.6 is 27.3 Å². The van der Waals surface area contributed by atoms with E-state index in [0.29, 0.717) is 19.4 Å². The molecule has 2 rings (SSSR count). The van der Waals surface area contributed by atoms with Gasteiger partial charge in [0, 0.05) is 19.4 Å². The zero-order valence-corrected chi connectivity index (χ0v) is 14.2. The average Bonchev–Trinajstić information content (AvgIpc) is 2.86. The molecule has 0 aliphatic heterocycles. The summed E-state index contributed by atoms with van der Waals surface area (Å²) in [5, 5.41) is 13.4. The van der Waals surface area contributed by atoms with Crippen molar-refractivity contribution in [1.82, 2.24) is 5.32 Å². The van der Waals surface area contributed by atoms with Gasteiger partial charge in [0.15, 0.2) is 5.78 Å². The Hall–Kier alpha value is -1.01. The van der Waals surface area contributed by atoms with Crippen LogP contribution in [0.5, 0.6) is 0 Å². The SMILES string of the molecule is CC(O)(Cc1ccccc1)NCCC(=O)c1ccc(Br)s1. The molecule has 0 radical (unpaired) electrons. The van der Waals surface area contributed by atoms with Crippen molar-refractivity contribution >= 4 is 33.0 Å². The molecule has 1 aromatic carbocycles. The van der Waals surface area contributed by atoms with Crippen molar-refractivity contribution in [2.24, 2.45) is 0 Å². The number of thiophene rings is 1. The Morgan fingerprint density at radius 3 is 2.62 bits per heavy atom. The molecule has 0 saturated heterocycles. The van der Waals surface area contributed by atoms with Crippen LogP contribution in [0.4, 0.5) is 0 Å².